The van der Waals surface area contributed by atoms with Gasteiger partial charge in [0.25, 0.3) is 5.91 Å². The zero-order valence-corrected chi connectivity index (χ0v) is 18.7. The lowest BCUT2D eigenvalue weighted by molar-refractivity contribution is 0.0952. The highest BCUT2D eigenvalue weighted by Crippen LogP contribution is 2.53. The van der Waals surface area contributed by atoms with Crippen LogP contribution < -0.4 is 5.32 Å². The average Bonchev–Trinajstić information content (AvgIpc) is 3.52. The van der Waals surface area contributed by atoms with Gasteiger partial charge in [0.1, 0.15) is 21.2 Å². The van der Waals surface area contributed by atoms with Gasteiger partial charge in [0.05, 0.1) is 5.69 Å². The van der Waals surface area contributed by atoms with Crippen LogP contribution in [0.25, 0.3) is 20.9 Å². The summed E-state index contributed by atoms with van der Waals surface area (Å²) in [6.07, 6.45) is 4.06. The van der Waals surface area contributed by atoms with Crippen molar-refractivity contribution in [2.45, 2.75) is 38.0 Å². The summed E-state index contributed by atoms with van der Waals surface area (Å²) in [5.74, 6) is -0.703. The number of hydrogen-bond donors (Lipinski definition) is 1. The summed E-state index contributed by atoms with van der Waals surface area (Å²) >= 11 is 1.39. The molecule has 0 unspecified atom stereocenters. The van der Waals surface area contributed by atoms with E-state index in [2.05, 4.69) is 41.5 Å². The Labute approximate surface area is 190 Å². The minimum Gasteiger partial charge on any atom is -0.352 e. The van der Waals surface area contributed by atoms with Crippen LogP contribution in [0.3, 0.4) is 0 Å². The Morgan fingerprint density at radius 1 is 1.09 bits per heavy atom. The molecule has 162 valence electrons. The van der Waals surface area contributed by atoms with Crippen LogP contribution in [0, 0.1) is 5.82 Å². The fourth-order valence-electron chi connectivity index (χ4n) is 4.08. The zero-order valence-electron chi connectivity index (χ0n) is 17.9. The minimum absolute atomic E-state index is 0.0162. The number of carbonyl (C=O) groups excluding carboxylic acids is 1. The van der Waals surface area contributed by atoms with Gasteiger partial charge < -0.3 is 5.32 Å². The lowest BCUT2D eigenvalue weighted by atomic mass is 9.92. The van der Waals surface area contributed by atoms with E-state index in [4.69, 9.17) is 4.98 Å². The van der Waals surface area contributed by atoms with Gasteiger partial charge in [-0.15, -0.1) is 0 Å². The number of aromatic nitrogens is 2. The van der Waals surface area contributed by atoms with E-state index in [0.717, 1.165) is 41.7 Å². The van der Waals surface area contributed by atoms with E-state index >= 15 is 0 Å². The number of halogens is 1. The van der Waals surface area contributed by atoms with Crippen molar-refractivity contribution in [2.75, 3.05) is 6.54 Å². The highest BCUT2D eigenvalue weighted by molar-refractivity contribution is 7.21. The van der Waals surface area contributed by atoms with Gasteiger partial charge in [0.15, 0.2) is 0 Å². The number of unbranched alkanes of at least 4 members (excludes halogenated alkanes) is 1. The molecular weight excluding hydrogens is 421 g/mol. The summed E-state index contributed by atoms with van der Waals surface area (Å²) in [6, 6.07) is 19.1. The van der Waals surface area contributed by atoms with Gasteiger partial charge in [-0.05, 0) is 55.2 Å². The lowest BCUT2D eigenvalue weighted by Gasteiger charge is -2.14. The third kappa shape index (κ3) is 3.79. The highest BCUT2D eigenvalue weighted by Gasteiger charge is 2.47. The van der Waals surface area contributed by atoms with Crippen LogP contribution in [-0.2, 0) is 5.41 Å². The third-order valence-corrected chi connectivity index (χ3v) is 7.10. The summed E-state index contributed by atoms with van der Waals surface area (Å²) in [5, 5.41) is 3.39. The van der Waals surface area contributed by atoms with Crippen LogP contribution in [-0.4, -0.2) is 22.4 Å². The number of fused-ring (bicyclic) bond motifs is 1. The van der Waals surface area contributed by atoms with Gasteiger partial charge in [0, 0.05) is 23.1 Å². The second-order valence-electron chi connectivity index (χ2n) is 8.29. The molecule has 5 rings (SSSR count). The first-order valence-corrected chi connectivity index (χ1v) is 11.8. The molecule has 1 N–H and O–H groups in total. The van der Waals surface area contributed by atoms with Gasteiger partial charge >= 0.3 is 0 Å². The lowest BCUT2D eigenvalue weighted by Crippen LogP contribution is -2.24. The molecule has 0 bridgehead atoms. The van der Waals surface area contributed by atoms with Crippen molar-refractivity contribution >= 4 is 27.6 Å². The molecule has 1 amide bonds. The van der Waals surface area contributed by atoms with Crippen molar-refractivity contribution in [3.8, 4) is 10.6 Å². The number of hydrogen-bond acceptors (Lipinski definition) is 4. The Hall–Kier alpha value is -3.12. The fourth-order valence-corrected chi connectivity index (χ4v) is 5.05. The molecule has 2 heterocycles. The Morgan fingerprint density at radius 3 is 2.62 bits per heavy atom. The van der Waals surface area contributed by atoms with Gasteiger partial charge in [-0.1, -0.05) is 55.0 Å². The topological polar surface area (TPSA) is 54.9 Å². The smallest absolute Gasteiger partial charge is 0.251 e. The molecule has 2 aromatic heterocycles. The first-order valence-electron chi connectivity index (χ1n) is 11.0. The molecule has 0 aliphatic heterocycles. The Balaban J connectivity index is 1.43. The molecule has 0 spiro atoms. The van der Waals surface area contributed by atoms with Crippen molar-refractivity contribution in [3.63, 3.8) is 0 Å². The summed E-state index contributed by atoms with van der Waals surface area (Å²) in [5.41, 5.74) is 3.79. The number of nitrogens with zero attached hydrogens (tertiary/aromatic N) is 2. The molecule has 1 fully saturated rings. The number of carbonyl (C=O) groups is 1. The molecule has 4 aromatic rings. The summed E-state index contributed by atoms with van der Waals surface area (Å²) in [7, 11) is 0. The van der Waals surface area contributed by atoms with Crippen LogP contribution in [0.5, 0.6) is 0 Å². The van der Waals surface area contributed by atoms with Crippen molar-refractivity contribution in [2.24, 2.45) is 0 Å². The molecule has 32 heavy (non-hydrogen) atoms. The molecule has 2 aromatic carbocycles. The Morgan fingerprint density at radius 2 is 1.91 bits per heavy atom. The minimum atomic E-state index is -0.449. The van der Waals surface area contributed by atoms with Crippen LogP contribution in [0.4, 0.5) is 4.39 Å². The highest BCUT2D eigenvalue weighted by atomic mass is 32.1. The maximum Gasteiger partial charge on any atom is 0.251 e. The predicted molar refractivity (Wildman–Crippen MR) is 127 cm³/mol. The monoisotopic (exact) mass is 445 g/mol. The number of thiazole rings is 1. The molecule has 0 atom stereocenters. The first kappa shape index (κ1) is 20.8. The van der Waals surface area contributed by atoms with Crippen molar-refractivity contribution in [3.05, 3.63) is 83.3 Å². The van der Waals surface area contributed by atoms with Crippen molar-refractivity contribution in [1.82, 2.24) is 15.3 Å². The normalized spacial score (nSPS) is 14.4. The molecule has 1 saturated carbocycles. The number of benzene rings is 2. The standard InChI is InChI=1S/C26H24FN3OS/c1-2-3-15-28-23(31)17-9-10-19(20(27)16-17)24-29-21-11-12-22(30-25(21)32-24)26(13-14-26)18-7-5-4-6-8-18/h4-12,16H,2-3,13-15H2,1H3,(H,28,31). The number of rotatable bonds is 7. The molecule has 1 aliphatic carbocycles. The summed E-state index contributed by atoms with van der Waals surface area (Å²) in [6.45, 7) is 2.65. The molecule has 6 heteroatoms. The zero-order chi connectivity index (χ0) is 22.1. The van der Waals surface area contributed by atoms with E-state index < -0.39 is 5.82 Å². The average molecular weight is 446 g/mol. The number of amides is 1. The van der Waals surface area contributed by atoms with Crippen LogP contribution >= 0.6 is 11.3 Å². The Bertz CT molecular complexity index is 1280. The summed E-state index contributed by atoms with van der Waals surface area (Å²) in [4.78, 5) is 22.5. The van der Waals surface area contributed by atoms with Crippen LogP contribution in [0.1, 0.15) is 54.2 Å². The van der Waals surface area contributed by atoms with E-state index in [1.165, 1.54) is 23.0 Å². The van der Waals surface area contributed by atoms with E-state index in [0.29, 0.717) is 22.7 Å². The van der Waals surface area contributed by atoms with Crippen molar-refractivity contribution in [1.29, 1.82) is 0 Å². The van der Waals surface area contributed by atoms with Gasteiger partial charge in [-0.3, -0.25) is 4.79 Å². The van der Waals surface area contributed by atoms with E-state index in [1.807, 2.05) is 18.2 Å². The van der Waals surface area contributed by atoms with Crippen LogP contribution in [0.15, 0.2) is 60.7 Å². The first-order chi connectivity index (χ1) is 15.6. The van der Waals surface area contributed by atoms with Crippen LogP contribution in [0.2, 0.25) is 0 Å². The number of pyridine rings is 1. The molecule has 4 nitrogen and oxygen atoms in total. The number of nitrogens with one attached hydrogen (secondary N) is 1. The largest absolute Gasteiger partial charge is 0.352 e. The Kier molecular flexibility index (Phi) is 5.47. The third-order valence-electron chi connectivity index (χ3n) is 6.10. The maximum atomic E-state index is 14.9. The quantitative estimate of drug-likeness (QED) is 0.349. The van der Waals surface area contributed by atoms with E-state index in [9.17, 15) is 9.18 Å². The molecule has 1 aliphatic rings. The summed E-state index contributed by atoms with van der Waals surface area (Å²) < 4.78 is 14.9. The van der Waals surface area contributed by atoms with Crippen molar-refractivity contribution < 1.29 is 9.18 Å². The fraction of sp³-hybridized carbons (Fsp3) is 0.269. The maximum absolute atomic E-state index is 14.9. The molecular formula is C26H24FN3OS. The van der Waals surface area contributed by atoms with Gasteiger partial charge in [-0.25, -0.2) is 14.4 Å². The second-order valence-corrected chi connectivity index (χ2v) is 9.27. The second kappa shape index (κ2) is 8.43. The molecule has 0 saturated heterocycles. The van der Waals surface area contributed by atoms with Gasteiger partial charge in [0.2, 0.25) is 0 Å². The predicted octanol–water partition coefficient (Wildman–Crippen LogP) is 6.11. The van der Waals surface area contributed by atoms with E-state index in [-0.39, 0.29) is 11.3 Å². The molecule has 0 radical (unpaired) electrons. The van der Waals surface area contributed by atoms with E-state index in [1.54, 1.807) is 12.1 Å². The van der Waals surface area contributed by atoms with Gasteiger partial charge in [-0.2, -0.15) is 0 Å². The SMILES string of the molecule is CCCCNC(=O)c1ccc(-c2nc3ccc(C4(c5ccccc5)CC4)nc3s2)c(F)c1.